The quantitative estimate of drug-likeness (QED) is 0.269. The second kappa shape index (κ2) is 10.9. The number of nitrogens with zero attached hydrogens (tertiary/aromatic N) is 2. The van der Waals surface area contributed by atoms with Gasteiger partial charge in [-0.1, -0.05) is 32.0 Å². The van der Waals surface area contributed by atoms with Gasteiger partial charge >= 0.3 is 0 Å². The maximum Gasteiger partial charge on any atom is 0.253 e. The van der Waals surface area contributed by atoms with Gasteiger partial charge in [-0.3, -0.25) is 9.59 Å². The highest BCUT2D eigenvalue weighted by molar-refractivity contribution is 6.10. The molecule has 0 saturated carbocycles. The molecule has 3 N–H and O–H groups in total. The Kier molecular flexibility index (Phi) is 7.19. The normalized spacial score (nSPS) is 11.2. The van der Waals surface area contributed by atoms with Gasteiger partial charge in [0.2, 0.25) is 0 Å². The van der Waals surface area contributed by atoms with E-state index in [4.69, 9.17) is 10.2 Å². The summed E-state index contributed by atoms with van der Waals surface area (Å²) in [6.07, 6.45) is 5.31. The summed E-state index contributed by atoms with van der Waals surface area (Å²) >= 11 is 0. The second-order valence-corrected chi connectivity index (χ2v) is 9.80. The number of hydrogen-bond donors (Lipinski definition) is 2. The first kappa shape index (κ1) is 25.8. The number of amides is 2. The van der Waals surface area contributed by atoms with Crippen LogP contribution in [0.1, 0.15) is 45.7 Å². The topological polar surface area (TPSA) is 111 Å². The molecule has 2 heterocycles. The molecule has 0 aliphatic carbocycles. The van der Waals surface area contributed by atoms with Crippen molar-refractivity contribution in [3.8, 4) is 22.5 Å². The van der Waals surface area contributed by atoms with Gasteiger partial charge in [-0.15, -0.1) is 0 Å². The largest absolute Gasteiger partial charge is 0.455 e. The predicted octanol–water partition coefficient (Wildman–Crippen LogP) is 5.77. The van der Waals surface area contributed by atoms with Crippen LogP contribution in [0.5, 0.6) is 0 Å². The number of aromatic nitrogens is 2. The molecule has 0 unspecified atom stereocenters. The van der Waals surface area contributed by atoms with Gasteiger partial charge in [0.25, 0.3) is 11.8 Å². The number of fused-ring (bicyclic) bond motifs is 1. The van der Waals surface area contributed by atoms with Crippen LogP contribution in [0.3, 0.4) is 0 Å². The van der Waals surface area contributed by atoms with Gasteiger partial charge < -0.3 is 15.5 Å². The Balaban J connectivity index is 1.52. The van der Waals surface area contributed by atoms with E-state index in [2.05, 4.69) is 15.3 Å². The van der Waals surface area contributed by atoms with Gasteiger partial charge in [0.05, 0.1) is 5.56 Å². The SMILES string of the molecule is CC(C)CNC(=O)c1cc(Cc2ccc3oc(-c4ccc(F)cc4)c(C(N)=O)c3c2)ccc1-c1cncnc1. The minimum absolute atomic E-state index is 0.172. The summed E-state index contributed by atoms with van der Waals surface area (Å²) in [7, 11) is 0. The lowest BCUT2D eigenvalue weighted by molar-refractivity contribution is 0.0948. The van der Waals surface area contributed by atoms with Crippen LogP contribution in [-0.4, -0.2) is 28.3 Å². The summed E-state index contributed by atoms with van der Waals surface area (Å²) in [5, 5.41) is 3.57. The van der Waals surface area contributed by atoms with Crippen molar-refractivity contribution in [2.75, 3.05) is 6.54 Å². The van der Waals surface area contributed by atoms with Crippen molar-refractivity contribution >= 4 is 22.8 Å². The van der Waals surface area contributed by atoms with Gasteiger partial charge in [0.1, 0.15) is 23.5 Å². The smallest absolute Gasteiger partial charge is 0.253 e. The summed E-state index contributed by atoms with van der Waals surface area (Å²) in [6.45, 7) is 4.63. The third-order valence-corrected chi connectivity index (χ3v) is 6.38. The molecule has 2 amide bonds. The molecule has 8 heteroatoms. The Morgan fingerprint density at radius 1 is 0.949 bits per heavy atom. The number of carbonyl (C=O) groups excluding carboxylic acids is 2. The highest BCUT2D eigenvalue weighted by atomic mass is 19.1. The van der Waals surface area contributed by atoms with E-state index in [1.54, 1.807) is 30.6 Å². The van der Waals surface area contributed by atoms with Crippen molar-refractivity contribution < 1.29 is 18.4 Å². The van der Waals surface area contributed by atoms with E-state index in [1.807, 2.05) is 44.2 Å². The lowest BCUT2D eigenvalue weighted by atomic mass is 9.95. The minimum Gasteiger partial charge on any atom is -0.455 e. The van der Waals surface area contributed by atoms with Crippen LogP contribution in [0.15, 0.2) is 83.8 Å². The zero-order valence-corrected chi connectivity index (χ0v) is 21.6. The van der Waals surface area contributed by atoms with Crippen molar-refractivity contribution in [2.24, 2.45) is 11.7 Å². The first-order valence-electron chi connectivity index (χ1n) is 12.6. The van der Waals surface area contributed by atoms with E-state index in [-0.39, 0.29) is 17.3 Å². The van der Waals surface area contributed by atoms with Crippen LogP contribution in [0, 0.1) is 11.7 Å². The third kappa shape index (κ3) is 5.55. The van der Waals surface area contributed by atoms with Crippen molar-refractivity contribution in [1.29, 1.82) is 0 Å². The van der Waals surface area contributed by atoms with Crippen LogP contribution < -0.4 is 11.1 Å². The number of furan rings is 1. The summed E-state index contributed by atoms with van der Waals surface area (Å²) < 4.78 is 19.4. The number of rotatable bonds is 8. The molecule has 0 spiro atoms. The predicted molar refractivity (Wildman–Crippen MR) is 148 cm³/mol. The summed E-state index contributed by atoms with van der Waals surface area (Å²) in [5.41, 5.74) is 10.9. The molecule has 7 nitrogen and oxygen atoms in total. The van der Waals surface area contributed by atoms with Gasteiger partial charge in [-0.05, 0) is 71.5 Å². The van der Waals surface area contributed by atoms with Crippen molar-refractivity contribution in [1.82, 2.24) is 15.3 Å². The molecule has 0 aliphatic rings. The summed E-state index contributed by atoms with van der Waals surface area (Å²) in [6, 6.07) is 17.0. The molecular weight excluding hydrogens is 495 g/mol. The lowest BCUT2D eigenvalue weighted by Gasteiger charge is -2.13. The number of primary amides is 1. The number of hydrogen-bond acceptors (Lipinski definition) is 5. The molecule has 0 bridgehead atoms. The minimum atomic E-state index is -0.635. The Morgan fingerprint density at radius 2 is 1.64 bits per heavy atom. The number of nitrogens with two attached hydrogens (primary N) is 1. The van der Waals surface area contributed by atoms with Crippen LogP contribution in [0.4, 0.5) is 4.39 Å². The zero-order valence-electron chi connectivity index (χ0n) is 21.6. The number of benzene rings is 3. The van der Waals surface area contributed by atoms with Crippen molar-refractivity contribution in [2.45, 2.75) is 20.3 Å². The van der Waals surface area contributed by atoms with E-state index in [1.165, 1.54) is 18.5 Å². The number of carbonyl (C=O) groups is 2. The van der Waals surface area contributed by atoms with Crippen LogP contribution in [-0.2, 0) is 6.42 Å². The molecule has 0 aliphatic heterocycles. The van der Waals surface area contributed by atoms with E-state index in [9.17, 15) is 14.0 Å². The van der Waals surface area contributed by atoms with E-state index < -0.39 is 5.91 Å². The van der Waals surface area contributed by atoms with Gasteiger partial charge in [0, 0.05) is 41.0 Å². The molecule has 39 heavy (non-hydrogen) atoms. The molecule has 196 valence electrons. The number of halogens is 1. The zero-order chi connectivity index (χ0) is 27.5. The molecule has 5 rings (SSSR count). The Bertz CT molecular complexity index is 1660. The maximum absolute atomic E-state index is 13.5. The fraction of sp³-hybridized carbons (Fsp3) is 0.161. The van der Waals surface area contributed by atoms with E-state index in [0.717, 1.165) is 22.3 Å². The molecule has 0 fully saturated rings. The van der Waals surface area contributed by atoms with Gasteiger partial charge in [-0.2, -0.15) is 0 Å². The van der Waals surface area contributed by atoms with Crippen LogP contribution in [0.2, 0.25) is 0 Å². The van der Waals surface area contributed by atoms with E-state index >= 15 is 0 Å². The maximum atomic E-state index is 13.5. The highest BCUT2D eigenvalue weighted by Crippen LogP contribution is 2.34. The molecule has 0 saturated heterocycles. The third-order valence-electron chi connectivity index (χ3n) is 6.38. The standard InChI is InChI=1S/C31H27FN4O3/c1-18(2)14-36-31(38)25-12-19(3-9-24(25)22-15-34-17-35-16-22)11-20-4-10-27-26(13-20)28(30(33)37)29(39-27)21-5-7-23(32)8-6-21/h3-10,12-13,15-18H,11,14H2,1-2H3,(H2,33,37)(H,36,38). The second-order valence-electron chi connectivity index (χ2n) is 9.80. The fourth-order valence-corrected chi connectivity index (χ4v) is 4.51. The van der Waals surface area contributed by atoms with Crippen molar-refractivity contribution in [3.05, 3.63) is 107 Å². The van der Waals surface area contributed by atoms with Crippen molar-refractivity contribution in [3.63, 3.8) is 0 Å². The Labute approximate surface area is 224 Å². The first-order chi connectivity index (χ1) is 18.8. The lowest BCUT2D eigenvalue weighted by Crippen LogP contribution is -2.27. The summed E-state index contributed by atoms with van der Waals surface area (Å²) in [4.78, 5) is 33.8. The molecule has 5 aromatic rings. The average molecular weight is 523 g/mol. The molecule has 3 aromatic carbocycles. The van der Waals surface area contributed by atoms with E-state index in [0.29, 0.717) is 46.7 Å². The Morgan fingerprint density at radius 3 is 2.33 bits per heavy atom. The monoisotopic (exact) mass is 522 g/mol. The Hall–Kier alpha value is -4.85. The van der Waals surface area contributed by atoms with Gasteiger partial charge in [-0.25, -0.2) is 14.4 Å². The van der Waals surface area contributed by atoms with Crippen LogP contribution >= 0.6 is 0 Å². The van der Waals surface area contributed by atoms with Gasteiger partial charge in [0.15, 0.2) is 0 Å². The molecule has 0 radical (unpaired) electrons. The highest BCUT2D eigenvalue weighted by Gasteiger charge is 2.21. The molecular formula is C31H27FN4O3. The first-order valence-corrected chi connectivity index (χ1v) is 12.6. The molecule has 0 atom stereocenters. The average Bonchev–Trinajstić information content (AvgIpc) is 3.31. The number of nitrogens with one attached hydrogen (secondary N) is 1. The van der Waals surface area contributed by atoms with Crippen LogP contribution in [0.25, 0.3) is 33.4 Å². The fourth-order valence-electron chi connectivity index (χ4n) is 4.51. The molecule has 2 aromatic heterocycles. The summed E-state index contributed by atoms with van der Waals surface area (Å²) in [5.74, 6) is -0.589.